The second kappa shape index (κ2) is 24.8. The van der Waals surface area contributed by atoms with Crippen molar-refractivity contribution in [3.05, 3.63) is 108 Å². The number of aromatic nitrogens is 11. The summed E-state index contributed by atoms with van der Waals surface area (Å²) in [5, 5.41) is 24.3. The first-order valence-electron chi connectivity index (χ1n) is 25.9. The quantitative estimate of drug-likeness (QED) is 0.0388. The Hall–Kier alpha value is -10.6. The fraction of sp³-hybridized carbons (Fsp3) is 0.346. The van der Waals surface area contributed by atoms with E-state index < -0.39 is 58.6 Å². The molecule has 9 amide bonds. The number of aryl methyl sites for hydroxylation is 7. The van der Waals surface area contributed by atoms with E-state index in [9.17, 15) is 47.9 Å². The van der Waals surface area contributed by atoms with Crippen LogP contribution in [0.3, 0.4) is 0 Å². The van der Waals surface area contributed by atoms with Gasteiger partial charge in [0.05, 0.1) is 23.7 Å². The Morgan fingerprint density at radius 2 is 0.916 bits per heavy atom. The van der Waals surface area contributed by atoms with E-state index in [-0.39, 0.29) is 109 Å². The predicted molar refractivity (Wildman–Crippen MR) is 297 cm³/mol. The lowest BCUT2D eigenvalue weighted by Gasteiger charge is -2.15. The van der Waals surface area contributed by atoms with E-state index in [1.807, 2.05) is 0 Å². The minimum atomic E-state index is -0.637. The summed E-state index contributed by atoms with van der Waals surface area (Å²) in [6, 6.07) is 4.44. The van der Waals surface area contributed by atoms with Gasteiger partial charge in [0.1, 0.15) is 17.1 Å². The van der Waals surface area contributed by atoms with E-state index in [0.29, 0.717) is 29.9 Å². The average Bonchev–Trinajstić information content (AvgIpc) is 4.26. The number of carbonyl (C=O) groups is 10. The van der Waals surface area contributed by atoms with Gasteiger partial charge < -0.3 is 84.6 Å². The molecule has 1 saturated carbocycles. The Bertz CT molecular complexity index is 3690. The molecule has 0 radical (unpaired) electrons. The average molecular weight is 1140 g/mol. The number of anilines is 6. The van der Waals surface area contributed by atoms with E-state index >= 15 is 0 Å². The summed E-state index contributed by atoms with van der Waals surface area (Å²) in [6.45, 7) is 1.92. The molecular formula is C52H62N20O11. The number of imidazole rings is 4. The Morgan fingerprint density at radius 3 is 1.45 bits per heavy atom. The van der Waals surface area contributed by atoms with Crippen LogP contribution in [-0.4, -0.2) is 137 Å². The Kier molecular flexibility index (Phi) is 17.5. The minimum absolute atomic E-state index is 0.0140. The van der Waals surface area contributed by atoms with Gasteiger partial charge >= 0.3 is 5.97 Å². The summed E-state index contributed by atoms with van der Waals surface area (Å²) in [5.41, 5.74) is 1.15. The van der Waals surface area contributed by atoms with Crippen LogP contribution < -0.4 is 47.9 Å². The first kappa shape index (κ1) is 58.5. The number of carbonyl (C=O) groups excluding carboxylic acids is 10. The molecule has 1 aliphatic carbocycles. The maximum Gasteiger partial charge on any atom is 0.374 e. The number of hydrogen-bond acceptors (Lipinski definition) is 15. The zero-order valence-corrected chi connectivity index (χ0v) is 46.6. The second-order valence-electron chi connectivity index (χ2n) is 19.8. The lowest BCUT2D eigenvalue weighted by molar-refractivity contribution is -0.117. The van der Waals surface area contributed by atoms with E-state index in [1.165, 1.54) is 76.6 Å². The molecule has 7 heterocycles. The highest BCUT2D eigenvalue weighted by atomic mass is 16.5. The Morgan fingerprint density at radius 1 is 0.470 bits per heavy atom. The van der Waals surface area contributed by atoms with Crippen molar-refractivity contribution in [1.82, 2.24) is 67.9 Å². The van der Waals surface area contributed by atoms with Crippen molar-refractivity contribution in [2.75, 3.05) is 58.1 Å². The van der Waals surface area contributed by atoms with Gasteiger partial charge in [0.25, 0.3) is 35.4 Å². The zero-order chi connectivity index (χ0) is 59.9. The third-order valence-corrected chi connectivity index (χ3v) is 13.2. The molecule has 9 N–H and O–H groups in total. The van der Waals surface area contributed by atoms with Crippen molar-refractivity contribution >= 4 is 93.6 Å². The van der Waals surface area contributed by atoms with Gasteiger partial charge in [-0.25, -0.2) is 24.7 Å². The van der Waals surface area contributed by atoms with Crippen LogP contribution in [0.2, 0.25) is 0 Å². The Balaban J connectivity index is 0.732. The first-order valence-corrected chi connectivity index (χ1v) is 25.9. The third-order valence-electron chi connectivity index (χ3n) is 13.2. The van der Waals surface area contributed by atoms with Gasteiger partial charge in [-0.05, 0) is 43.4 Å². The van der Waals surface area contributed by atoms with Crippen LogP contribution in [0.15, 0.2) is 67.8 Å². The van der Waals surface area contributed by atoms with Gasteiger partial charge in [-0.15, -0.1) is 0 Å². The molecule has 436 valence electrons. The fourth-order valence-corrected chi connectivity index (χ4v) is 8.76. The molecular weight excluding hydrogens is 1080 g/mol. The van der Waals surface area contributed by atoms with Crippen LogP contribution in [-0.2, 0) is 68.5 Å². The predicted octanol–water partition coefficient (Wildman–Crippen LogP) is 1.63. The van der Waals surface area contributed by atoms with Crippen LogP contribution in [0.25, 0.3) is 0 Å². The van der Waals surface area contributed by atoms with Crippen molar-refractivity contribution < 1.29 is 52.7 Å². The van der Waals surface area contributed by atoms with Crippen molar-refractivity contribution in [3.63, 3.8) is 0 Å². The number of nitrogens with one attached hydrogen (secondary N) is 9. The number of amides is 9. The summed E-state index contributed by atoms with van der Waals surface area (Å²) in [7, 11) is 11.3. The number of nitrogens with zero attached hydrogens (tertiary/aromatic N) is 11. The smallest absolute Gasteiger partial charge is 0.374 e. The highest BCUT2D eigenvalue weighted by Crippen LogP contribution is 2.48. The molecule has 83 heavy (non-hydrogen) atoms. The number of rotatable bonds is 24. The van der Waals surface area contributed by atoms with Crippen LogP contribution in [0.4, 0.5) is 34.5 Å². The van der Waals surface area contributed by atoms with E-state index in [4.69, 9.17) is 4.74 Å². The molecule has 1 aliphatic rings. The van der Waals surface area contributed by atoms with Crippen LogP contribution in [0, 0.1) is 5.41 Å². The van der Waals surface area contributed by atoms with E-state index in [0.717, 1.165) is 0 Å². The van der Waals surface area contributed by atoms with Crippen molar-refractivity contribution in [1.29, 1.82) is 0 Å². The van der Waals surface area contributed by atoms with Gasteiger partial charge in [0, 0.05) is 138 Å². The van der Waals surface area contributed by atoms with Crippen molar-refractivity contribution in [3.8, 4) is 0 Å². The van der Waals surface area contributed by atoms with Gasteiger partial charge in [0.2, 0.25) is 35.2 Å². The summed E-state index contributed by atoms with van der Waals surface area (Å²) in [5.74, 6) is -4.57. The molecule has 0 aromatic carbocycles. The summed E-state index contributed by atoms with van der Waals surface area (Å²) >= 11 is 0. The molecule has 31 heteroatoms. The standard InChI is InChI=1S/C52H62N20O11/c1-9-83-51(82)44-64-37(27-72(44)8)65-47(78)34-18-29(22-69(34)5)57-38(73)10-15-55-48(79)42-62-36(26-70(42)6)61-40(75)21-52(12-13-52)28-56-46(77)33-20-31(24-68(33)4)59-50(81)43-63-35(25-71(43)7)60-39(74)11-14-54-45(76)32-19-30(23-67(32)3)58-49(80)41-53-16-17-66(41)2/h16-20,22-27H,9-15,21,28H2,1-8H3,(H,54,76)(H,55,79)(H,56,77)(H,57,73)(H,58,80)(H,59,81)(H,60,74)(H,61,75)(H,65,78). The molecule has 0 bridgehead atoms. The first-order chi connectivity index (χ1) is 39.5. The molecule has 0 unspecified atom stereocenters. The van der Waals surface area contributed by atoms with Crippen molar-refractivity contribution in [2.45, 2.75) is 39.0 Å². The van der Waals surface area contributed by atoms with Crippen LogP contribution in [0.5, 0.6) is 0 Å². The van der Waals surface area contributed by atoms with Crippen LogP contribution in [0.1, 0.15) is 113 Å². The molecule has 31 nitrogen and oxygen atoms in total. The highest BCUT2D eigenvalue weighted by molar-refractivity contribution is 6.06. The van der Waals surface area contributed by atoms with Gasteiger partial charge in [-0.1, -0.05) is 0 Å². The van der Waals surface area contributed by atoms with E-state index in [2.05, 4.69) is 67.8 Å². The summed E-state index contributed by atoms with van der Waals surface area (Å²) in [6.07, 6.45) is 13.3. The Labute approximate surface area is 472 Å². The molecule has 0 atom stereocenters. The van der Waals surface area contributed by atoms with Crippen LogP contribution >= 0.6 is 0 Å². The summed E-state index contributed by atoms with van der Waals surface area (Å²) < 4.78 is 15.4. The van der Waals surface area contributed by atoms with Gasteiger partial charge in [0.15, 0.2) is 23.3 Å². The second-order valence-corrected chi connectivity index (χ2v) is 19.8. The monoisotopic (exact) mass is 1140 g/mol. The molecule has 0 saturated heterocycles. The number of ether oxygens (including phenoxy) is 1. The normalized spacial score (nSPS) is 12.2. The topological polar surface area (TPSA) is 374 Å². The molecule has 0 aliphatic heterocycles. The van der Waals surface area contributed by atoms with Gasteiger partial charge in [-0.2, -0.15) is 0 Å². The maximum absolute atomic E-state index is 13.4. The van der Waals surface area contributed by atoms with E-state index in [1.54, 1.807) is 79.4 Å². The molecule has 7 aromatic rings. The van der Waals surface area contributed by atoms with Gasteiger partial charge in [-0.3, -0.25) is 43.2 Å². The molecule has 1 fully saturated rings. The molecule has 0 spiro atoms. The minimum Gasteiger partial charge on any atom is -0.460 e. The number of hydrogen-bond donors (Lipinski definition) is 9. The lowest BCUT2D eigenvalue weighted by atomic mass is 10.0. The lowest BCUT2D eigenvalue weighted by Crippen LogP contribution is -2.33. The molecule has 7 aromatic heterocycles. The zero-order valence-electron chi connectivity index (χ0n) is 46.6. The largest absolute Gasteiger partial charge is 0.460 e. The fourth-order valence-electron chi connectivity index (χ4n) is 8.76. The number of esters is 1. The summed E-state index contributed by atoms with van der Waals surface area (Å²) in [4.78, 5) is 146. The maximum atomic E-state index is 13.4. The highest BCUT2D eigenvalue weighted by Gasteiger charge is 2.44. The molecule has 8 rings (SSSR count). The SMILES string of the molecule is CCOC(=O)c1nc(NC(=O)c2cc(NC(=O)CCNC(=O)c3nc(NC(=O)CC4(CNC(=O)c5cc(NC(=O)c6nc(NC(=O)CCNC(=O)c7cc(NC(=O)c8nccn8C)cn7C)cn6C)cn5C)CC4)cn3C)cn2C)cn1C. The van der Waals surface area contributed by atoms with Crippen molar-refractivity contribution in [2.24, 2.45) is 54.7 Å². The third kappa shape index (κ3) is 14.4.